The van der Waals surface area contributed by atoms with Crippen LogP contribution in [0.4, 0.5) is 0 Å². The number of benzene rings is 3. The lowest BCUT2D eigenvalue weighted by Crippen LogP contribution is -2.25. The average molecular weight is 372 g/mol. The summed E-state index contributed by atoms with van der Waals surface area (Å²) in [4.78, 5) is 22.7. The molecule has 0 atom stereocenters. The van der Waals surface area contributed by atoms with E-state index in [-0.39, 0.29) is 5.91 Å². The van der Waals surface area contributed by atoms with E-state index in [0.29, 0.717) is 5.56 Å². The highest BCUT2D eigenvalue weighted by atomic mass is 16.7. The van der Waals surface area contributed by atoms with Crippen molar-refractivity contribution < 1.29 is 14.4 Å². The Morgan fingerprint density at radius 2 is 1.68 bits per heavy atom. The van der Waals surface area contributed by atoms with Gasteiger partial charge in [0.1, 0.15) is 5.75 Å². The first-order chi connectivity index (χ1) is 13.6. The van der Waals surface area contributed by atoms with Crippen molar-refractivity contribution in [3.05, 3.63) is 72.3 Å². The summed E-state index contributed by atoms with van der Waals surface area (Å²) in [7, 11) is 4.73. The number of carbonyl (C=O) groups excluding carboxylic acids is 1. The average Bonchev–Trinajstić information content (AvgIpc) is 2.76. The van der Waals surface area contributed by atoms with Crippen molar-refractivity contribution in [1.29, 1.82) is 0 Å². The van der Waals surface area contributed by atoms with E-state index in [4.69, 9.17) is 14.6 Å². The first-order valence-corrected chi connectivity index (χ1v) is 8.91. The number of pyridine rings is 1. The van der Waals surface area contributed by atoms with Crippen LogP contribution < -0.4 is 4.74 Å². The zero-order valence-corrected chi connectivity index (χ0v) is 16.0. The van der Waals surface area contributed by atoms with Gasteiger partial charge >= 0.3 is 0 Å². The zero-order valence-electron chi connectivity index (χ0n) is 16.0. The molecule has 0 bridgehead atoms. The molecule has 0 aliphatic carbocycles. The van der Waals surface area contributed by atoms with Gasteiger partial charge in [0.15, 0.2) is 0 Å². The molecule has 0 radical (unpaired) electrons. The fourth-order valence-electron chi connectivity index (χ4n) is 3.26. The lowest BCUT2D eigenvalue weighted by molar-refractivity contribution is -0.0755. The summed E-state index contributed by atoms with van der Waals surface area (Å²) in [6, 6.07) is 21.5. The minimum atomic E-state index is -0.215. The van der Waals surface area contributed by atoms with Gasteiger partial charge in [-0.05, 0) is 41.1 Å². The number of fused-ring (bicyclic) bond motifs is 2. The van der Waals surface area contributed by atoms with Gasteiger partial charge in [-0.3, -0.25) is 9.63 Å². The quantitative estimate of drug-likeness (QED) is 0.488. The Hall–Kier alpha value is -3.44. The number of hydrogen-bond acceptors (Lipinski definition) is 4. The van der Waals surface area contributed by atoms with Gasteiger partial charge < -0.3 is 4.74 Å². The number of aromatic nitrogens is 1. The van der Waals surface area contributed by atoms with Gasteiger partial charge in [-0.2, -0.15) is 0 Å². The number of carbonyl (C=O) groups is 1. The smallest absolute Gasteiger partial charge is 0.277 e. The molecule has 0 N–H and O–H groups in total. The SMILES string of the molecule is COc1ccc2cc(-c3cc(C(=O)N(C)OC)c4ccccc4n3)ccc2c1. The number of nitrogens with zero attached hydrogens (tertiary/aromatic N) is 2. The molecule has 3 aromatic carbocycles. The molecule has 1 aromatic heterocycles. The molecular formula is C23H20N2O3. The number of hydroxylamine groups is 2. The van der Waals surface area contributed by atoms with Crippen molar-refractivity contribution in [2.24, 2.45) is 0 Å². The molecule has 140 valence electrons. The number of methoxy groups -OCH3 is 1. The molecule has 0 fully saturated rings. The molecule has 1 heterocycles. The number of rotatable bonds is 4. The second-order valence-electron chi connectivity index (χ2n) is 6.49. The summed E-state index contributed by atoms with van der Waals surface area (Å²) in [6.45, 7) is 0. The van der Waals surface area contributed by atoms with E-state index in [9.17, 15) is 4.79 Å². The van der Waals surface area contributed by atoms with Gasteiger partial charge in [-0.25, -0.2) is 10.0 Å². The maximum absolute atomic E-state index is 12.8. The van der Waals surface area contributed by atoms with Crippen molar-refractivity contribution in [2.45, 2.75) is 0 Å². The van der Waals surface area contributed by atoms with E-state index < -0.39 is 0 Å². The number of hydrogen-bond donors (Lipinski definition) is 0. The molecule has 0 spiro atoms. The van der Waals surface area contributed by atoms with Crippen LogP contribution in [0.1, 0.15) is 10.4 Å². The highest BCUT2D eigenvalue weighted by Gasteiger charge is 2.17. The van der Waals surface area contributed by atoms with Gasteiger partial charge in [0.2, 0.25) is 0 Å². The molecule has 0 saturated carbocycles. The molecule has 1 amide bonds. The minimum absolute atomic E-state index is 0.215. The predicted molar refractivity (Wildman–Crippen MR) is 110 cm³/mol. The monoisotopic (exact) mass is 372 g/mol. The molecule has 0 unspecified atom stereocenters. The van der Waals surface area contributed by atoms with Gasteiger partial charge in [0, 0.05) is 18.0 Å². The van der Waals surface area contributed by atoms with E-state index in [0.717, 1.165) is 38.7 Å². The zero-order chi connectivity index (χ0) is 19.7. The Kier molecular flexibility index (Phi) is 4.67. The topological polar surface area (TPSA) is 51.7 Å². The molecule has 0 aliphatic heterocycles. The Morgan fingerprint density at radius 3 is 2.46 bits per heavy atom. The van der Waals surface area contributed by atoms with Crippen LogP contribution in [0.3, 0.4) is 0 Å². The normalized spacial score (nSPS) is 11.0. The molecular weight excluding hydrogens is 352 g/mol. The molecule has 4 rings (SSSR count). The predicted octanol–water partition coefficient (Wildman–Crippen LogP) is 4.70. The highest BCUT2D eigenvalue weighted by Crippen LogP contribution is 2.29. The van der Waals surface area contributed by atoms with E-state index in [1.165, 1.54) is 12.2 Å². The van der Waals surface area contributed by atoms with E-state index in [1.807, 2.05) is 60.7 Å². The first-order valence-electron chi connectivity index (χ1n) is 8.91. The van der Waals surface area contributed by atoms with E-state index >= 15 is 0 Å². The second kappa shape index (κ2) is 7.29. The third kappa shape index (κ3) is 3.17. The van der Waals surface area contributed by atoms with Crippen molar-refractivity contribution >= 4 is 27.6 Å². The summed E-state index contributed by atoms with van der Waals surface area (Å²) in [5.41, 5.74) is 3.00. The minimum Gasteiger partial charge on any atom is -0.497 e. The van der Waals surface area contributed by atoms with Crippen LogP contribution in [-0.2, 0) is 4.84 Å². The fraction of sp³-hybridized carbons (Fsp3) is 0.130. The highest BCUT2D eigenvalue weighted by molar-refractivity contribution is 6.07. The van der Waals surface area contributed by atoms with E-state index in [2.05, 4.69) is 6.07 Å². The Labute approximate surface area is 163 Å². The van der Waals surface area contributed by atoms with Gasteiger partial charge in [0.25, 0.3) is 5.91 Å². The van der Waals surface area contributed by atoms with Crippen LogP contribution in [0.25, 0.3) is 32.9 Å². The number of ether oxygens (including phenoxy) is 1. The summed E-state index contributed by atoms with van der Waals surface area (Å²) in [5.74, 6) is 0.604. The van der Waals surface area contributed by atoms with Gasteiger partial charge in [-0.1, -0.05) is 36.4 Å². The van der Waals surface area contributed by atoms with Gasteiger partial charge in [0.05, 0.1) is 31.0 Å². The maximum Gasteiger partial charge on any atom is 0.277 e. The summed E-state index contributed by atoms with van der Waals surface area (Å²) in [5, 5.41) is 4.18. The van der Waals surface area contributed by atoms with Crippen LogP contribution >= 0.6 is 0 Å². The van der Waals surface area contributed by atoms with Crippen LogP contribution in [-0.4, -0.2) is 37.2 Å². The fourth-order valence-corrected chi connectivity index (χ4v) is 3.26. The third-order valence-electron chi connectivity index (χ3n) is 4.85. The first kappa shape index (κ1) is 17.9. The Bertz CT molecular complexity index is 1190. The number of para-hydroxylation sites is 1. The van der Waals surface area contributed by atoms with Crippen LogP contribution in [0.2, 0.25) is 0 Å². The van der Waals surface area contributed by atoms with Gasteiger partial charge in [-0.15, -0.1) is 0 Å². The Morgan fingerprint density at radius 1 is 0.929 bits per heavy atom. The lowest BCUT2D eigenvalue weighted by atomic mass is 10.0. The second-order valence-corrected chi connectivity index (χ2v) is 6.49. The molecule has 4 aromatic rings. The molecule has 0 saturated heterocycles. The summed E-state index contributed by atoms with van der Waals surface area (Å²) in [6.07, 6.45) is 0. The van der Waals surface area contributed by atoms with Crippen molar-refractivity contribution in [3.8, 4) is 17.0 Å². The van der Waals surface area contributed by atoms with Crippen molar-refractivity contribution in [1.82, 2.24) is 10.0 Å². The summed E-state index contributed by atoms with van der Waals surface area (Å²) >= 11 is 0. The standard InChI is InChI=1S/C23H20N2O3/c1-25(28-3)23(26)20-14-22(24-21-7-5-4-6-19(20)21)17-9-8-16-13-18(27-2)11-10-15(16)12-17/h4-14H,1-3H3. The Balaban J connectivity index is 1.89. The third-order valence-corrected chi connectivity index (χ3v) is 4.85. The summed E-state index contributed by atoms with van der Waals surface area (Å²) < 4.78 is 5.29. The number of amides is 1. The van der Waals surface area contributed by atoms with Crippen molar-refractivity contribution in [3.63, 3.8) is 0 Å². The van der Waals surface area contributed by atoms with Crippen LogP contribution in [0.5, 0.6) is 5.75 Å². The molecule has 28 heavy (non-hydrogen) atoms. The van der Waals surface area contributed by atoms with Crippen LogP contribution in [0.15, 0.2) is 66.7 Å². The van der Waals surface area contributed by atoms with Crippen molar-refractivity contribution in [2.75, 3.05) is 21.3 Å². The molecule has 5 heteroatoms. The maximum atomic E-state index is 12.8. The van der Waals surface area contributed by atoms with E-state index in [1.54, 1.807) is 14.2 Å². The van der Waals surface area contributed by atoms with Crippen LogP contribution in [0, 0.1) is 0 Å². The molecule has 0 aliphatic rings. The molecule has 5 nitrogen and oxygen atoms in total. The lowest BCUT2D eigenvalue weighted by Gasteiger charge is -2.16. The largest absolute Gasteiger partial charge is 0.497 e.